The summed E-state index contributed by atoms with van der Waals surface area (Å²) in [5.74, 6) is 0.880. The van der Waals surface area contributed by atoms with Crippen molar-refractivity contribution < 1.29 is 0 Å². The lowest BCUT2D eigenvalue weighted by Crippen LogP contribution is -2.11. The molecule has 0 fully saturated rings. The van der Waals surface area contributed by atoms with Crippen molar-refractivity contribution in [2.45, 2.75) is 0 Å². The normalized spacial score (nSPS) is 10.1. The molecule has 0 radical (unpaired) electrons. The fraction of sp³-hybridized carbons (Fsp3) is 0.200. The first-order valence-electron chi connectivity index (χ1n) is 4.32. The van der Waals surface area contributed by atoms with Gasteiger partial charge in [0.1, 0.15) is 5.69 Å². The Labute approximate surface area is 87.0 Å². The summed E-state index contributed by atoms with van der Waals surface area (Å²) in [5.41, 5.74) is 0.936. The molecular weight excluding hydrogens is 194 g/mol. The van der Waals surface area contributed by atoms with Gasteiger partial charge in [0.2, 0.25) is 0 Å². The number of aromatic nitrogens is 2. The number of nitrogens with zero attached hydrogens (tertiary/aromatic N) is 3. The minimum absolute atomic E-state index is 0.880. The second-order valence-electron chi connectivity index (χ2n) is 3.15. The highest BCUT2D eigenvalue weighted by molar-refractivity contribution is 7.13. The fourth-order valence-corrected chi connectivity index (χ4v) is 1.81. The van der Waals surface area contributed by atoms with Gasteiger partial charge in [-0.05, 0) is 23.6 Å². The van der Waals surface area contributed by atoms with E-state index < -0.39 is 0 Å². The standard InChI is InChI=1S/C10H11N3S/c1-13(2)10-6-5-8(11-12-10)9-4-3-7-14-9/h3-7H,1-2H3. The summed E-state index contributed by atoms with van der Waals surface area (Å²) in [5, 5.41) is 10.3. The van der Waals surface area contributed by atoms with Crippen molar-refractivity contribution in [3.63, 3.8) is 0 Å². The Morgan fingerprint density at radius 3 is 2.50 bits per heavy atom. The predicted octanol–water partition coefficient (Wildman–Crippen LogP) is 2.27. The molecule has 2 rings (SSSR count). The molecule has 0 atom stereocenters. The van der Waals surface area contributed by atoms with E-state index in [1.165, 1.54) is 0 Å². The van der Waals surface area contributed by atoms with Crippen molar-refractivity contribution in [1.29, 1.82) is 0 Å². The van der Waals surface area contributed by atoms with E-state index in [9.17, 15) is 0 Å². The van der Waals surface area contributed by atoms with Crippen LogP contribution in [0.2, 0.25) is 0 Å². The van der Waals surface area contributed by atoms with Crippen molar-refractivity contribution in [1.82, 2.24) is 10.2 Å². The van der Waals surface area contributed by atoms with Crippen LogP contribution >= 0.6 is 11.3 Å². The third kappa shape index (κ3) is 1.75. The maximum absolute atomic E-state index is 4.16. The molecule has 0 N–H and O–H groups in total. The van der Waals surface area contributed by atoms with Gasteiger partial charge in [0.25, 0.3) is 0 Å². The van der Waals surface area contributed by atoms with E-state index in [4.69, 9.17) is 0 Å². The van der Waals surface area contributed by atoms with E-state index in [0.29, 0.717) is 0 Å². The second kappa shape index (κ2) is 3.75. The molecule has 0 aromatic carbocycles. The zero-order valence-electron chi connectivity index (χ0n) is 8.14. The summed E-state index contributed by atoms with van der Waals surface area (Å²) in [6.07, 6.45) is 0. The maximum Gasteiger partial charge on any atom is 0.150 e. The van der Waals surface area contributed by atoms with E-state index in [-0.39, 0.29) is 0 Å². The van der Waals surface area contributed by atoms with Crippen LogP contribution in [0.25, 0.3) is 10.6 Å². The Hall–Kier alpha value is -1.42. The minimum atomic E-state index is 0.880. The summed E-state index contributed by atoms with van der Waals surface area (Å²) >= 11 is 1.67. The van der Waals surface area contributed by atoms with Crippen LogP contribution in [0.1, 0.15) is 0 Å². The minimum Gasteiger partial charge on any atom is -0.361 e. The maximum atomic E-state index is 4.16. The molecular formula is C10H11N3S. The van der Waals surface area contributed by atoms with Crippen LogP contribution in [0.4, 0.5) is 5.82 Å². The van der Waals surface area contributed by atoms with E-state index in [2.05, 4.69) is 10.2 Å². The highest BCUT2D eigenvalue weighted by atomic mass is 32.1. The predicted molar refractivity (Wildman–Crippen MR) is 59.7 cm³/mol. The van der Waals surface area contributed by atoms with Crippen LogP contribution in [0.3, 0.4) is 0 Å². The van der Waals surface area contributed by atoms with Crippen LogP contribution in [0, 0.1) is 0 Å². The highest BCUT2D eigenvalue weighted by Gasteiger charge is 2.02. The van der Waals surface area contributed by atoms with Crippen LogP contribution in [0.5, 0.6) is 0 Å². The Morgan fingerprint density at radius 1 is 1.14 bits per heavy atom. The van der Waals surface area contributed by atoms with Crippen molar-refractivity contribution in [3.8, 4) is 10.6 Å². The van der Waals surface area contributed by atoms with Gasteiger partial charge in [-0.1, -0.05) is 6.07 Å². The van der Waals surface area contributed by atoms with E-state index in [0.717, 1.165) is 16.4 Å². The molecule has 14 heavy (non-hydrogen) atoms. The SMILES string of the molecule is CN(C)c1ccc(-c2cccs2)nn1. The van der Waals surface area contributed by atoms with E-state index in [1.807, 2.05) is 48.6 Å². The lowest BCUT2D eigenvalue weighted by atomic mass is 10.3. The van der Waals surface area contributed by atoms with Crippen LogP contribution in [-0.4, -0.2) is 24.3 Å². The Balaban J connectivity index is 2.31. The zero-order chi connectivity index (χ0) is 9.97. The van der Waals surface area contributed by atoms with Gasteiger partial charge in [0.05, 0.1) is 4.88 Å². The zero-order valence-corrected chi connectivity index (χ0v) is 8.95. The fourth-order valence-electron chi connectivity index (χ4n) is 1.12. The molecule has 0 spiro atoms. The molecule has 2 heterocycles. The van der Waals surface area contributed by atoms with E-state index >= 15 is 0 Å². The Kier molecular flexibility index (Phi) is 2.45. The van der Waals surface area contributed by atoms with Crippen molar-refractivity contribution in [3.05, 3.63) is 29.6 Å². The van der Waals surface area contributed by atoms with Crippen LogP contribution in [-0.2, 0) is 0 Å². The molecule has 2 aromatic heterocycles. The first-order chi connectivity index (χ1) is 6.77. The Bertz CT molecular complexity index is 392. The molecule has 0 aliphatic rings. The molecule has 0 bridgehead atoms. The Morgan fingerprint density at radius 2 is 2.00 bits per heavy atom. The third-order valence-electron chi connectivity index (χ3n) is 1.88. The van der Waals surface area contributed by atoms with Gasteiger partial charge in [-0.15, -0.1) is 21.5 Å². The molecule has 0 unspecified atom stereocenters. The molecule has 72 valence electrons. The largest absolute Gasteiger partial charge is 0.361 e. The average Bonchev–Trinajstić information content (AvgIpc) is 2.71. The summed E-state index contributed by atoms with van der Waals surface area (Å²) in [6, 6.07) is 8.03. The second-order valence-corrected chi connectivity index (χ2v) is 4.10. The van der Waals surface area contributed by atoms with Crippen molar-refractivity contribution >= 4 is 17.2 Å². The van der Waals surface area contributed by atoms with Crippen LogP contribution in [0.15, 0.2) is 29.6 Å². The number of anilines is 1. The lowest BCUT2D eigenvalue weighted by Gasteiger charge is -2.09. The van der Waals surface area contributed by atoms with Crippen molar-refractivity contribution in [2.24, 2.45) is 0 Å². The number of hydrogen-bond donors (Lipinski definition) is 0. The number of hydrogen-bond acceptors (Lipinski definition) is 4. The quantitative estimate of drug-likeness (QED) is 0.753. The van der Waals surface area contributed by atoms with Gasteiger partial charge in [0.15, 0.2) is 5.82 Å². The lowest BCUT2D eigenvalue weighted by molar-refractivity contribution is 0.970. The summed E-state index contributed by atoms with van der Waals surface area (Å²) in [4.78, 5) is 3.09. The van der Waals surface area contributed by atoms with Crippen LogP contribution < -0.4 is 4.90 Å². The van der Waals surface area contributed by atoms with Crippen molar-refractivity contribution in [2.75, 3.05) is 19.0 Å². The molecule has 0 aliphatic heterocycles. The summed E-state index contributed by atoms with van der Waals surface area (Å²) in [7, 11) is 3.91. The van der Waals surface area contributed by atoms with Gasteiger partial charge in [-0.25, -0.2) is 0 Å². The summed E-state index contributed by atoms with van der Waals surface area (Å²) < 4.78 is 0. The van der Waals surface area contributed by atoms with Gasteiger partial charge in [-0.3, -0.25) is 0 Å². The molecule has 0 saturated heterocycles. The summed E-state index contributed by atoms with van der Waals surface area (Å²) in [6.45, 7) is 0. The number of thiophene rings is 1. The third-order valence-corrected chi connectivity index (χ3v) is 2.77. The topological polar surface area (TPSA) is 29.0 Å². The van der Waals surface area contributed by atoms with Gasteiger partial charge < -0.3 is 4.90 Å². The molecule has 0 saturated carbocycles. The molecule has 0 aliphatic carbocycles. The van der Waals surface area contributed by atoms with Gasteiger partial charge in [0, 0.05) is 14.1 Å². The van der Waals surface area contributed by atoms with Gasteiger partial charge >= 0.3 is 0 Å². The number of rotatable bonds is 2. The molecule has 3 nitrogen and oxygen atoms in total. The highest BCUT2D eigenvalue weighted by Crippen LogP contribution is 2.22. The first-order valence-corrected chi connectivity index (χ1v) is 5.20. The van der Waals surface area contributed by atoms with Gasteiger partial charge in [-0.2, -0.15) is 0 Å². The smallest absolute Gasteiger partial charge is 0.150 e. The molecule has 0 amide bonds. The molecule has 2 aromatic rings. The average molecular weight is 205 g/mol. The first kappa shape index (κ1) is 9.15. The molecule has 4 heteroatoms. The van der Waals surface area contributed by atoms with E-state index in [1.54, 1.807) is 11.3 Å². The monoisotopic (exact) mass is 205 g/mol.